The Labute approximate surface area is 162 Å². The van der Waals surface area contributed by atoms with Crippen LogP contribution in [-0.2, 0) is 11.2 Å². The Kier molecular flexibility index (Phi) is 3.82. The molecule has 5 heteroatoms. The number of hydrogen-bond donors (Lipinski definition) is 1. The van der Waals surface area contributed by atoms with Crippen LogP contribution in [0.3, 0.4) is 0 Å². The molecule has 140 valence electrons. The summed E-state index contributed by atoms with van der Waals surface area (Å²) in [6, 6.07) is 4.03. The van der Waals surface area contributed by atoms with Crippen LogP contribution in [0.25, 0.3) is 0 Å². The molecule has 0 spiro atoms. The summed E-state index contributed by atoms with van der Waals surface area (Å²) in [7, 11) is -5.64. The van der Waals surface area contributed by atoms with E-state index in [4.69, 9.17) is 25.2 Å². The van der Waals surface area contributed by atoms with Crippen molar-refractivity contribution in [3.8, 4) is 11.5 Å². The third kappa shape index (κ3) is 4.66. The van der Waals surface area contributed by atoms with Gasteiger partial charge in [-0.05, 0) is 43.4 Å². The van der Waals surface area contributed by atoms with Crippen LogP contribution in [0.5, 0.6) is 11.5 Å². The first kappa shape index (κ1) is 10.8. The highest BCUT2D eigenvalue weighted by molar-refractivity contribution is 5.42. The van der Waals surface area contributed by atoms with E-state index in [0.717, 1.165) is 32.2 Å². The SMILES string of the molecule is [2H]C([2H])([2H])Oc1ccc(CC([2H])([2H])O[C@@H]2CCCC[C@H]2N2CCC(O)C2)cc1OC([2H])([2H])[2H]. The molecule has 0 bridgehead atoms. The van der Waals surface area contributed by atoms with Gasteiger partial charge < -0.3 is 19.3 Å². The predicted octanol–water partition coefficient (Wildman–Crippen LogP) is 2.64. The Morgan fingerprint density at radius 1 is 1.20 bits per heavy atom. The smallest absolute Gasteiger partial charge is 0.160 e. The van der Waals surface area contributed by atoms with Crippen molar-refractivity contribution >= 4 is 0 Å². The molecule has 1 aliphatic heterocycles. The number of aliphatic hydroxyl groups excluding tert-OH is 1. The average molecular weight is 358 g/mol. The van der Waals surface area contributed by atoms with Crippen molar-refractivity contribution < 1.29 is 30.3 Å². The number of aliphatic hydroxyl groups is 1. The minimum atomic E-state index is -2.84. The second-order valence-corrected chi connectivity index (χ2v) is 6.75. The standard InChI is InChI=1S/C20H31NO4/c1-23-19-8-7-15(13-20(19)24-2)10-12-25-18-6-4-3-5-17(18)21-11-9-16(22)14-21/h7-8,13,16-18,22H,3-6,9-12,14H2,1-2H3/t16?,17-,18-/m1/s1/i1D3,2D3,12D2. The van der Waals surface area contributed by atoms with Gasteiger partial charge in [0.2, 0.25) is 0 Å². The van der Waals surface area contributed by atoms with Gasteiger partial charge in [0.05, 0.1) is 43.8 Å². The number of ether oxygens (including phenoxy) is 3. The maximum atomic E-state index is 9.89. The lowest BCUT2D eigenvalue weighted by Gasteiger charge is -2.37. The third-order valence-electron chi connectivity index (χ3n) is 5.07. The molecule has 3 rings (SSSR count). The van der Waals surface area contributed by atoms with E-state index in [9.17, 15) is 5.11 Å². The lowest BCUT2D eigenvalue weighted by atomic mass is 9.91. The zero-order valence-corrected chi connectivity index (χ0v) is 14.2. The normalized spacial score (nSPS) is 33.7. The minimum absolute atomic E-state index is 0.0375. The molecule has 2 aliphatic rings. The molecule has 1 unspecified atom stereocenters. The van der Waals surface area contributed by atoms with Crippen LogP contribution in [0, 0.1) is 0 Å². The zero-order valence-electron chi connectivity index (χ0n) is 22.2. The minimum Gasteiger partial charge on any atom is -0.493 e. The van der Waals surface area contributed by atoms with Gasteiger partial charge in [-0.1, -0.05) is 18.9 Å². The van der Waals surface area contributed by atoms with Gasteiger partial charge in [0, 0.05) is 19.1 Å². The van der Waals surface area contributed by atoms with Crippen LogP contribution in [-0.4, -0.2) is 62.0 Å². The number of aryl methyl sites for hydroxylation is 1. The highest BCUT2D eigenvalue weighted by Crippen LogP contribution is 2.30. The van der Waals surface area contributed by atoms with Gasteiger partial charge in [-0.2, -0.15) is 0 Å². The molecular formula is C20H31NO4. The molecule has 1 saturated heterocycles. The molecule has 3 atom stereocenters. The topological polar surface area (TPSA) is 51.2 Å². The summed E-state index contributed by atoms with van der Waals surface area (Å²) < 4.78 is 76.3. The van der Waals surface area contributed by atoms with Gasteiger partial charge in [-0.25, -0.2) is 0 Å². The molecule has 2 fully saturated rings. The van der Waals surface area contributed by atoms with E-state index < -0.39 is 20.6 Å². The first-order valence-electron chi connectivity index (χ1n) is 12.8. The summed E-state index contributed by atoms with van der Waals surface area (Å²) in [5, 5.41) is 9.89. The molecule has 0 radical (unpaired) electrons. The highest BCUT2D eigenvalue weighted by atomic mass is 16.5. The number of β-amino-alcohol motifs (C(OH)–C–C–N with tert-alkyl or cyclic N) is 1. The van der Waals surface area contributed by atoms with Gasteiger partial charge in [0.25, 0.3) is 0 Å². The third-order valence-corrected chi connectivity index (χ3v) is 5.07. The van der Waals surface area contributed by atoms with Crippen LogP contribution >= 0.6 is 0 Å². The predicted molar refractivity (Wildman–Crippen MR) is 97.4 cm³/mol. The van der Waals surface area contributed by atoms with Crippen molar-refractivity contribution in [1.82, 2.24) is 4.90 Å². The Balaban J connectivity index is 1.74. The second kappa shape index (κ2) is 8.88. The van der Waals surface area contributed by atoms with Crippen LogP contribution in [0.4, 0.5) is 0 Å². The monoisotopic (exact) mass is 357 g/mol. The van der Waals surface area contributed by atoms with Gasteiger partial charge >= 0.3 is 0 Å². The maximum absolute atomic E-state index is 9.89. The van der Waals surface area contributed by atoms with Crippen LogP contribution in [0.15, 0.2) is 18.2 Å². The van der Waals surface area contributed by atoms with Crippen molar-refractivity contribution in [2.24, 2.45) is 0 Å². The van der Waals surface area contributed by atoms with Crippen molar-refractivity contribution in [1.29, 1.82) is 0 Å². The van der Waals surface area contributed by atoms with E-state index in [2.05, 4.69) is 4.90 Å². The van der Waals surface area contributed by atoms with E-state index in [1.165, 1.54) is 18.2 Å². The average Bonchev–Trinajstić information content (AvgIpc) is 3.07. The summed E-state index contributed by atoms with van der Waals surface area (Å²) in [6.45, 7) is -0.730. The highest BCUT2D eigenvalue weighted by Gasteiger charge is 2.34. The van der Waals surface area contributed by atoms with Crippen LogP contribution in [0.2, 0.25) is 0 Å². The molecular weight excluding hydrogens is 318 g/mol. The van der Waals surface area contributed by atoms with E-state index in [-0.39, 0.29) is 36.2 Å². The number of rotatable bonds is 7. The van der Waals surface area contributed by atoms with Crippen molar-refractivity contribution in [3.05, 3.63) is 23.8 Å². The fraction of sp³-hybridized carbons (Fsp3) is 0.700. The van der Waals surface area contributed by atoms with Gasteiger partial charge in [0.15, 0.2) is 11.5 Å². The Morgan fingerprint density at radius 3 is 2.84 bits per heavy atom. The lowest BCUT2D eigenvalue weighted by Crippen LogP contribution is -2.46. The molecule has 1 saturated carbocycles. The Morgan fingerprint density at radius 2 is 2.04 bits per heavy atom. The molecule has 25 heavy (non-hydrogen) atoms. The van der Waals surface area contributed by atoms with Crippen molar-refractivity contribution in [3.63, 3.8) is 0 Å². The lowest BCUT2D eigenvalue weighted by molar-refractivity contribution is -0.0316. The molecule has 1 aliphatic carbocycles. The molecule has 1 aromatic rings. The fourth-order valence-electron chi connectivity index (χ4n) is 3.76. The second-order valence-electron chi connectivity index (χ2n) is 6.75. The first-order chi connectivity index (χ1) is 15.2. The molecule has 0 amide bonds. The van der Waals surface area contributed by atoms with E-state index in [0.29, 0.717) is 18.5 Å². The van der Waals surface area contributed by atoms with E-state index >= 15 is 0 Å². The van der Waals surface area contributed by atoms with E-state index in [1.807, 2.05) is 0 Å². The largest absolute Gasteiger partial charge is 0.493 e. The van der Waals surface area contributed by atoms with Gasteiger partial charge in [0.1, 0.15) is 0 Å². The fourth-order valence-corrected chi connectivity index (χ4v) is 3.76. The summed E-state index contributed by atoms with van der Waals surface area (Å²) >= 11 is 0. The number of likely N-dealkylation sites (tertiary alicyclic amines) is 1. The number of nitrogens with zero attached hydrogens (tertiary/aromatic N) is 1. The maximum Gasteiger partial charge on any atom is 0.160 e. The summed E-state index contributed by atoms with van der Waals surface area (Å²) in [6.07, 6.45) is 3.39. The van der Waals surface area contributed by atoms with Crippen molar-refractivity contribution in [2.75, 3.05) is 33.7 Å². The molecule has 1 aromatic carbocycles. The van der Waals surface area contributed by atoms with Gasteiger partial charge in [-0.3, -0.25) is 4.90 Å². The Bertz CT molecular complexity index is 801. The summed E-state index contributed by atoms with van der Waals surface area (Å²) in [4.78, 5) is 2.17. The number of methoxy groups -OCH3 is 2. The Hall–Kier alpha value is -1.30. The quantitative estimate of drug-likeness (QED) is 0.813. The molecule has 1 heterocycles. The molecule has 5 nitrogen and oxygen atoms in total. The zero-order chi connectivity index (χ0) is 24.4. The van der Waals surface area contributed by atoms with Crippen molar-refractivity contribution in [2.45, 2.75) is 56.8 Å². The van der Waals surface area contributed by atoms with Crippen LogP contribution < -0.4 is 9.47 Å². The first-order valence-corrected chi connectivity index (χ1v) is 8.82. The number of benzene rings is 1. The molecule has 0 aromatic heterocycles. The summed E-state index contributed by atoms with van der Waals surface area (Å²) in [5.74, 6) is -0.572. The summed E-state index contributed by atoms with van der Waals surface area (Å²) in [5.41, 5.74) is 0.376. The van der Waals surface area contributed by atoms with Crippen LogP contribution in [0.1, 0.15) is 48.6 Å². The van der Waals surface area contributed by atoms with E-state index in [1.54, 1.807) is 0 Å². The van der Waals surface area contributed by atoms with Gasteiger partial charge in [-0.15, -0.1) is 0 Å². The number of hydrogen-bond acceptors (Lipinski definition) is 5. The molecule has 1 N–H and O–H groups in total.